The molecule has 0 radical (unpaired) electrons. The van der Waals surface area contributed by atoms with E-state index in [4.69, 9.17) is 0 Å². The molecule has 0 fully saturated rings. The molecule has 0 saturated heterocycles. The van der Waals surface area contributed by atoms with Gasteiger partial charge in [-0.1, -0.05) is 11.3 Å². The third-order valence-electron chi connectivity index (χ3n) is 2.98. The average molecular weight is 305 g/mol. The minimum atomic E-state index is -0.794. The van der Waals surface area contributed by atoms with Crippen molar-refractivity contribution in [2.75, 3.05) is 11.9 Å². The summed E-state index contributed by atoms with van der Waals surface area (Å²) in [5.74, 6) is 0. The lowest BCUT2D eigenvalue weighted by Crippen LogP contribution is -2.35. The van der Waals surface area contributed by atoms with E-state index in [0.717, 1.165) is 20.9 Å². The minimum absolute atomic E-state index is 0.468. The van der Waals surface area contributed by atoms with Crippen LogP contribution in [-0.4, -0.2) is 27.2 Å². The number of pyridine rings is 1. The molecule has 0 aromatic carbocycles. The summed E-state index contributed by atoms with van der Waals surface area (Å²) >= 11 is 3.22. The molecule has 0 saturated carbocycles. The van der Waals surface area contributed by atoms with E-state index < -0.39 is 5.60 Å². The van der Waals surface area contributed by atoms with E-state index in [9.17, 15) is 5.11 Å². The Kier molecular flexibility index (Phi) is 3.69. The Labute approximate surface area is 125 Å². The molecule has 2 N–H and O–H groups in total. The number of aromatic nitrogens is 2. The van der Waals surface area contributed by atoms with Gasteiger partial charge in [0.2, 0.25) is 0 Å². The number of anilines is 1. The number of hydrogen-bond donors (Lipinski definition) is 2. The molecule has 104 valence electrons. The number of fused-ring (bicyclic) bond motifs is 1. The van der Waals surface area contributed by atoms with Gasteiger partial charge in [-0.3, -0.25) is 4.98 Å². The van der Waals surface area contributed by atoms with Crippen LogP contribution in [0.2, 0.25) is 0 Å². The topological polar surface area (TPSA) is 58.0 Å². The molecule has 0 aliphatic carbocycles. The van der Waals surface area contributed by atoms with Crippen molar-refractivity contribution in [1.29, 1.82) is 0 Å². The summed E-state index contributed by atoms with van der Waals surface area (Å²) in [6.45, 7) is 2.31. The lowest BCUT2D eigenvalue weighted by Gasteiger charge is -2.22. The van der Waals surface area contributed by atoms with Crippen molar-refractivity contribution < 1.29 is 5.11 Å². The highest BCUT2D eigenvalue weighted by Crippen LogP contribution is 2.25. The molecule has 3 aromatic heterocycles. The highest BCUT2D eigenvalue weighted by Gasteiger charge is 2.21. The molecule has 0 aliphatic rings. The van der Waals surface area contributed by atoms with Crippen molar-refractivity contribution in [3.63, 3.8) is 0 Å². The molecular formula is C14H15N3OS2. The first-order chi connectivity index (χ1) is 9.62. The van der Waals surface area contributed by atoms with Crippen LogP contribution < -0.4 is 5.32 Å². The summed E-state index contributed by atoms with van der Waals surface area (Å²) in [5, 5.41) is 18.6. The molecule has 4 nitrogen and oxygen atoms in total. The molecule has 3 aromatic rings. The van der Waals surface area contributed by atoms with E-state index in [1.165, 1.54) is 0 Å². The van der Waals surface area contributed by atoms with E-state index in [2.05, 4.69) is 20.7 Å². The second-order valence-corrected chi connectivity index (χ2v) is 6.83. The van der Waals surface area contributed by atoms with Gasteiger partial charge in [-0.2, -0.15) is 11.3 Å². The fourth-order valence-electron chi connectivity index (χ4n) is 2.02. The minimum Gasteiger partial charge on any atom is -0.388 e. The summed E-state index contributed by atoms with van der Waals surface area (Å²) in [7, 11) is 0. The molecule has 1 unspecified atom stereocenters. The van der Waals surface area contributed by atoms with Crippen LogP contribution in [-0.2, 0) is 6.42 Å². The van der Waals surface area contributed by atoms with Gasteiger partial charge >= 0.3 is 0 Å². The largest absolute Gasteiger partial charge is 0.388 e. The van der Waals surface area contributed by atoms with E-state index in [1.54, 1.807) is 35.1 Å². The number of aliphatic hydroxyl groups is 1. The molecular weight excluding hydrogens is 290 g/mol. The molecule has 3 rings (SSSR count). The standard InChI is InChI=1S/C14H15N3OS2/c1-14(18,6-10-3-5-19-8-10)9-16-13-17-11-7-15-4-2-12(11)20-13/h2-5,7-8,18H,6,9H2,1H3,(H,16,17). The first-order valence-electron chi connectivity index (χ1n) is 6.30. The van der Waals surface area contributed by atoms with Gasteiger partial charge in [-0.15, -0.1) is 0 Å². The van der Waals surface area contributed by atoms with Crippen molar-refractivity contribution in [2.45, 2.75) is 18.9 Å². The summed E-state index contributed by atoms with van der Waals surface area (Å²) in [4.78, 5) is 8.50. The lowest BCUT2D eigenvalue weighted by molar-refractivity contribution is 0.0743. The fraction of sp³-hybridized carbons (Fsp3) is 0.286. The molecule has 0 bridgehead atoms. The summed E-state index contributed by atoms with van der Waals surface area (Å²) in [6.07, 6.45) is 4.15. The Hall–Kier alpha value is -1.50. The van der Waals surface area contributed by atoms with Crippen molar-refractivity contribution in [3.8, 4) is 0 Å². The number of thiazole rings is 1. The van der Waals surface area contributed by atoms with Gasteiger partial charge in [-0.05, 0) is 35.4 Å². The summed E-state index contributed by atoms with van der Waals surface area (Å²) in [6, 6.07) is 3.99. The quantitative estimate of drug-likeness (QED) is 0.760. The zero-order valence-electron chi connectivity index (χ0n) is 11.0. The second kappa shape index (κ2) is 5.47. The number of hydrogen-bond acceptors (Lipinski definition) is 6. The third kappa shape index (κ3) is 3.15. The van der Waals surface area contributed by atoms with Crippen molar-refractivity contribution >= 4 is 38.0 Å². The molecule has 20 heavy (non-hydrogen) atoms. The maximum absolute atomic E-state index is 10.4. The zero-order chi connectivity index (χ0) is 14.0. The zero-order valence-corrected chi connectivity index (χ0v) is 12.7. The van der Waals surface area contributed by atoms with Gasteiger partial charge in [0.15, 0.2) is 5.13 Å². The average Bonchev–Trinajstić information content (AvgIpc) is 3.04. The van der Waals surface area contributed by atoms with Crippen LogP contribution in [0, 0.1) is 0 Å². The number of thiophene rings is 1. The van der Waals surface area contributed by atoms with Crippen LogP contribution in [0.25, 0.3) is 10.2 Å². The first kappa shape index (κ1) is 13.5. The maximum atomic E-state index is 10.4. The highest BCUT2D eigenvalue weighted by molar-refractivity contribution is 7.22. The number of nitrogens with zero attached hydrogens (tertiary/aromatic N) is 2. The van der Waals surface area contributed by atoms with Crippen molar-refractivity contribution in [3.05, 3.63) is 40.8 Å². The summed E-state index contributed by atoms with van der Waals surface area (Å²) in [5.41, 5.74) is 1.25. The molecule has 6 heteroatoms. The molecule has 3 heterocycles. The van der Waals surface area contributed by atoms with Crippen LogP contribution in [0.5, 0.6) is 0 Å². The van der Waals surface area contributed by atoms with Gasteiger partial charge in [0.1, 0.15) is 5.52 Å². The summed E-state index contributed by atoms with van der Waals surface area (Å²) < 4.78 is 1.10. The van der Waals surface area contributed by atoms with E-state index >= 15 is 0 Å². The fourth-order valence-corrected chi connectivity index (χ4v) is 3.51. The highest BCUT2D eigenvalue weighted by atomic mass is 32.1. The second-order valence-electron chi connectivity index (χ2n) is 5.02. The Balaban J connectivity index is 1.65. The smallest absolute Gasteiger partial charge is 0.183 e. The Bertz CT molecular complexity index is 658. The molecule has 0 spiro atoms. The van der Waals surface area contributed by atoms with Gasteiger partial charge in [0.05, 0.1) is 16.5 Å². The van der Waals surface area contributed by atoms with Gasteiger partial charge in [0.25, 0.3) is 0 Å². The van der Waals surface area contributed by atoms with Crippen LogP contribution >= 0.6 is 22.7 Å². The lowest BCUT2D eigenvalue weighted by atomic mass is 9.98. The third-order valence-corrected chi connectivity index (χ3v) is 4.70. The normalized spacial score (nSPS) is 14.3. The Morgan fingerprint density at radius 2 is 2.30 bits per heavy atom. The molecule has 0 aliphatic heterocycles. The predicted octanol–water partition coefficient (Wildman–Crippen LogP) is 3.16. The van der Waals surface area contributed by atoms with Crippen molar-refractivity contribution in [2.24, 2.45) is 0 Å². The van der Waals surface area contributed by atoms with E-state index in [0.29, 0.717) is 13.0 Å². The maximum Gasteiger partial charge on any atom is 0.183 e. The predicted molar refractivity (Wildman–Crippen MR) is 84.6 cm³/mol. The number of rotatable bonds is 5. The van der Waals surface area contributed by atoms with E-state index in [1.807, 2.05) is 24.4 Å². The SMILES string of the molecule is CC(O)(CNc1nc2cnccc2s1)Cc1ccsc1. The van der Waals surface area contributed by atoms with Gasteiger partial charge < -0.3 is 10.4 Å². The Morgan fingerprint density at radius 1 is 1.40 bits per heavy atom. The van der Waals surface area contributed by atoms with Crippen LogP contribution in [0.4, 0.5) is 5.13 Å². The molecule has 0 amide bonds. The van der Waals surface area contributed by atoms with Crippen LogP contribution in [0.15, 0.2) is 35.3 Å². The number of nitrogens with one attached hydrogen (secondary N) is 1. The molecule has 1 atom stereocenters. The first-order valence-corrected chi connectivity index (χ1v) is 8.06. The van der Waals surface area contributed by atoms with Gasteiger partial charge in [0, 0.05) is 19.2 Å². The monoisotopic (exact) mass is 305 g/mol. The van der Waals surface area contributed by atoms with Gasteiger partial charge in [-0.25, -0.2) is 4.98 Å². The Morgan fingerprint density at radius 3 is 3.05 bits per heavy atom. The van der Waals surface area contributed by atoms with Crippen LogP contribution in [0.1, 0.15) is 12.5 Å². The van der Waals surface area contributed by atoms with E-state index in [-0.39, 0.29) is 0 Å². The van der Waals surface area contributed by atoms with Crippen molar-refractivity contribution in [1.82, 2.24) is 9.97 Å². The van der Waals surface area contributed by atoms with Crippen LogP contribution in [0.3, 0.4) is 0 Å².